The Labute approximate surface area is 176 Å². The van der Waals surface area contributed by atoms with Gasteiger partial charge in [0.2, 0.25) is 5.91 Å². The van der Waals surface area contributed by atoms with Crippen molar-refractivity contribution < 1.29 is 4.79 Å². The number of anilines is 2. The lowest BCUT2D eigenvalue weighted by atomic mass is 10.1. The molecule has 4 heterocycles. The Balaban J connectivity index is 1.45. The summed E-state index contributed by atoms with van der Waals surface area (Å²) in [6.45, 7) is 5.72. The Morgan fingerprint density at radius 1 is 1.23 bits per heavy atom. The third-order valence-electron chi connectivity index (χ3n) is 5.29. The number of nitrogens with one attached hydrogen (secondary N) is 1. The molecule has 0 unspecified atom stereocenters. The SMILES string of the molecule is Cc1ccc(NC(=O)Cn2nc3c4sc(N5CCCC5)nc4ncn3c2=O)c(C)c1. The van der Waals surface area contributed by atoms with Crippen molar-refractivity contribution >= 4 is 44.1 Å². The van der Waals surface area contributed by atoms with Gasteiger partial charge in [-0.2, -0.15) is 4.98 Å². The number of nitrogens with zero attached hydrogens (tertiary/aromatic N) is 6. The first-order chi connectivity index (χ1) is 14.5. The van der Waals surface area contributed by atoms with E-state index in [1.807, 2.05) is 32.0 Å². The zero-order valence-corrected chi connectivity index (χ0v) is 17.6. The average Bonchev–Trinajstić information content (AvgIpc) is 3.43. The van der Waals surface area contributed by atoms with Crippen molar-refractivity contribution in [2.24, 2.45) is 0 Å². The number of fused-ring (bicyclic) bond motifs is 3. The Bertz CT molecular complexity index is 1330. The van der Waals surface area contributed by atoms with Gasteiger partial charge in [-0.05, 0) is 38.3 Å². The number of thiazole rings is 1. The van der Waals surface area contributed by atoms with Gasteiger partial charge in [-0.15, -0.1) is 5.10 Å². The molecule has 5 rings (SSSR count). The summed E-state index contributed by atoms with van der Waals surface area (Å²) < 4.78 is 3.30. The number of hydrogen-bond acceptors (Lipinski definition) is 7. The van der Waals surface area contributed by atoms with Crippen LogP contribution in [0, 0.1) is 13.8 Å². The lowest BCUT2D eigenvalue weighted by molar-refractivity contribution is -0.117. The summed E-state index contributed by atoms with van der Waals surface area (Å²) in [7, 11) is 0. The highest BCUT2D eigenvalue weighted by Crippen LogP contribution is 2.31. The van der Waals surface area contributed by atoms with Crippen LogP contribution in [-0.2, 0) is 11.3 Å². The number of rotatable bonds is 4. The van der Waals surface area contributed by atoms with E-state index in [0.29, 0.717) is 11.3 Å². The topological polar surface area (TPSA) is 97.4 Å². The fourth-order valence-corrected chi connectivity index (χ4v) is 4.80. The lowest BCUT2D eigenvalue weighted by Crippen LogP contribution is -2.28. The van der Waals surface area contributed by atoms with E-state index in [0.717, 1.165) is 52.6 Å². The first kappa shape index (κ1) is 18.7. The van der Waals surface area contributed by atoms with Gasteiger partial charge < -0.3 is 10.2 Å². The molecule has 154 valence electrons. The maximum absolute atomic E-state index is 12.8. The van der Waals surface area contributed by atoms with Crippen LogP contribution in [0.15, 0.2) is 29.3 Å². The maximum Gasteiger partial charge on any atom is 0.352 e. The second kappa shape index (κ2) is 7.21. The van der Waals surface area contributed by atoms with Gasteiger partial charge in [0.25, 0.3) is 0 Å². The van der Waals surface area contributed by atoms with E-state index in [1.165, 1.54) is 26.7 Å². The largest absolute Gasteiger partial charge is 0.352 e. The van der Waals surface area contributed by atoms with Crippen molar-refractivity contribution in [3.8, 4) is 0 Å². The second-order valence-corrected chi connectivity index (χ2v) is 8.57. The molecule has 1 amide bonds. The predicted octanol–water partition coefficient (Wildman–Crippen LogP) is 2.36. The summed E-state index contributed by atoms with van der Waals surface area (Å²) in [5.41, 5.74) is 3.47. The van der Waals surface area contributed by atoms with E-state index in [4.69, 9.17) is 0 Å². The fourth-order valence-electron chi connectivity index (χ4n) is 3.75. The van der Waals surface area contributed by atoms with Crippen molar-refractivity contribution in [1.82, 2.24) is 24.1 Å². The molecule has 0 aliphatic carbocycles. The number of aromatic nitrogens is 5. The van der Waals surface area contributed by atoms with Gasteiger partial charge in [0.1, 0.15) is 17.6 Å². The molecule has 30 heavy (non-hydrogen) atoms. The van der Waals surface area contributed by atoms with Crippen molar-refractivity contribution in [2.45, 2.75) is 33.2 Å². The summed E-state index contributed by atoms with van der Waals surface area (Å²) in [5.74, 6) is -0.307. The van der Waals surface area contributed by atoms with Crippen molar-refractivity contribution in [3.63, 3.8) is 0 Å². The Hall–Kier alpha value is -3.27. The van der Waals surface area contributed by atoms with Crippen LogP contribution in [0.5, 0.6) is 0 Å². The van der Waals surface area contributed by atoms with E-state index in [1.54, 1.807) is 0 Å². The Morgan fingerprint density at radius 2 is 2.03 bits per heavy atom. The first-order valence-electron chi connectivity index (χ1n) is 9.86. The predicted molar refractivity (Wildman–Crippen MR) is 116 cm³/mol. The lowest BCUT2D eigenvalue weighted by Gasteiger charge is -2.11. The summed E-state index contributed by atoms with van der Waals surface area (Å²) in [6, 6.07) is 5.79. The highest BCUT2D eigenvalue weighted by Gasteiger charge is 2.20. The van der Waals surface area contributed by atoms with Crippen LogP contribution >= 0.6 is 11.3 Å². The van der Waals surface area contributed by atoms with Gasteiger partial charge in [0, 0.05) is 18.8 Å². The van der Waals surface area contributed by atoms with Crippen LogP contribution < -0.4 is 15.9 Å². The minimum absolute atomic E-state index is 0.174. The van der Waals surface area contributed by atoms with Gasteiger partial charge in [0.05, 0.1) is 0 Å². The minimum atomic E-state index is -0.397. The van der Waals surface area contributed by atoms with Crippen LogP contribution in [0.4, 0.5) is 10.8 Å². The van der Waals surface area contributed by atoms with E-state index in [9.17, 15) is 9.59 Å². The zero-order chi connectivity index (χ0) is 20.8. The van der Waals surface area contributed by atoms with Crippen LogP contribution in [0.2, 0.25) is 0 Å². The zero-order valence-electron chi connectivity index (χ0n) is 16.8. The standard InChI is InChI=1S/C20H21N7O2S/c1-12-5-6-14(13(2)9-12)22-15(28)10-27-20(29)26-11-21-17-16(18(26)24-27)30-19(23-17)25-7-3-4-8-25/h5-6,9,11H,3-4,7-8,10H2,1-2H3,(H,22,28). The highest BCUT2D eigenvalue weighted by atomic mass is 32.1. The molecule has 1 fully saturated rings. The van der Waals surface area contributed by atoms with Gasteiger partial charge in [-0.25, -0.2) is 18.9 Å². The Morgan fingerprint density at radius 3 is 2.80 bits per heavy atom. The fraction of sp³-hybridized carbons (Fsp3) is 0.350. The number of hydrogen-bond donors (Lipinski definition) is 1. The van der Waals surface area contributed by atoms with Gasteiger partial charge in [-0.3, -0.25) is 4.79 Å². The first-order valence-corrected chi connectivity index (χ1v) is 10.7. The molecular formula is C20H21N7O2S. The van der Waals surface area contributed by atoms with Gasteiger partial charge in [0.15, 0.2) is 16.4 Å². The van der Waals surface area contributed by atoms with Crippen LogP contribution in [-0.4, -0.2) is 43.1 Å². The van der Waals surface area contributed by atoms with Crippen LogP contribution in [0.1, 0.15) is 24.0 Å². The van der Waals surface area contributed by atoms with Crippen molar-refractivity contribution in [3.05, 3.63) is 46.1 Å². The number of benzene rings is 1. The monoisotopic (exact) mass is 423 g/mol. The summed E-state index contributed by atoms with van der Waals surface area (Å²) in [5, 5.41) is 8.17. The molecule has 0 atom stereocenters. The summed E-state index contributed by atoms with van der Waals surface area (Å²) >= 11 is 1.49. The molecule has 1 aliphatic heterocycles. The molecule has 0 saturated carbocycles. The molecule has 1 saturated heterocycles. The second-order valence-electron chi connectivity index (χ2n) is 7.59. The molecule has 1 aliphatic rings. The number of carbonyl (C=O) groups excluding carboxylic acids is 1. The third kappa shape index (κ3) is 3.22. The number of carbonyl (C=O) groups is 1. The quantitative estimate of drug-likeness (QED) is 0.541. The van der Waals surface area contributed by atoms with Crippen molar-refractivity contribution in [1.29, 1.82) is 0 Å². The Kier molecular flexibility index (Phi) is 4.50. The molecular weight excluding hydrogens is 402 g/mol. The highest BCUT2D eigenvalue weighted by molar-refractivity contribution is 7.22. The van der Waals surface area contributed by atoms with Crippen molar-refractivity contribution in [2.75, 3.05) is 23.3 Å². The summed E-state index contributed by atoms with van der Waals surface area (Å²) in [4.78, 5) is 36.5. The minimum Gasteiger partial charge on any atom is -0.348 e. The average molecular weight is 424 g/mol. The normalized spacial score (nSPS) is 14.1. The molecule has 4 aromatic rings. The van der Waals surface area contributed by atoms with Crippen LogP contribution in [0.25, 0.3) is 16.0 Å². The summed E-state index contributed by atoms with van der Waals surface area (Å²) in [6.07, 6.45) is 3.74. The molecule has 1 N–H and O–H groups in total. The molecule has 0 bridgehead atoms. The van der Waals surface area contributed by atoms with E-state index in [2.05, 4.69) is 25.3 Å². The maximum atomic E-state index is 12.8. The smallest absolute Gasteiger partial charge is 0.348 e. The number of aryl methyl sites for hydroxylation is 2. The van der Waals surface area contributed by atoms with E-state index < -0.39 is 5.69 Å². The third-order valence-corrected chi connectivity index (χ3v) is 6.39. The molecule has 0 radical (unpaired) electrons. The molecule has 1 aromatic carbocycles. The molecule has 0 spiro atoms. The van der Waals surface area contributed by atoms with Crippen LogP contribution in [0.3, 0.4) is 0 Å². The van der Waals surface area contributed by atoms with E-state index in [-0.39, 0.29) is 12.5 Å². The van der Waals surface area contributed by atoms with Gasteiger partial charge in [-0.1, -0.05) is 29.0 Å². The molecule has 3 aromatic heterocycles. The number of amides is 1. The molecule has 10 heteroatoms. The van der Waals surface area contributed by atoms with E-state index >= 15 is 0 Å². The molecule has 9 nitrogen and oxygen atoms in total. The van der Waals surface area contributed by atoms with Gasteiger partial charge >= 0.3 is 5.69 Å².